The summed E-state index contributed by atoms with van der Waals surface area (Å²) in [7, 11) is 0. The van der Waals surface area contributed by atoms with Gasteiger partial charge in [-0.3, -0.25) is 20.0 Å². The smallest absolute Gasteiger partial charge is 0.251 e. The third-order valence-electron chi connectivity index (χ3n) is 5.13. The average molecular weight is 430 g/mol. The van der Waals surface area contributed by atoms with Crippen LogP contribution in [0.4, 0.5) is 17.3 Å². The molecule has 162 valence electrons. The summed E-state index contributed by atoms with van der Waals surface area (Å²) in [6.45, 7) is 1.01. The van der Waals surface area contributed by atoms with E-state index in [2.05, 4.69) is 42.0 Å². The van der Waals surface area contributed by atoms with E-state index in [1.165, 1.54) is 0 Å². The summed E-state index contributed by atoms with van der Waals surface area (Å²) < 4.78 is 1.87. The van der Waals surface area contributed by atoms with Gasteiger partial charge < -0.3 is 16.5 Å². The van der Waals surface area contributed by atoms with Crippen LogP contribution < -0.4 is 27.4 Å². The van der Waals surface area contributed by atoms with Crippen LogP contribution in [0.3, 0.4) is 0 Å². The zero-order chi connectivity index (χ0) is 21.9. The van der Waals surface area contributed by atoms with Gasteiger partial charge in [-0.2, -0.15) is 10.2 Å². The lowest BCUT2D eigenvalue weighted by molar-refractivity contribution is 0.0950. The summed E-state index contributed by atoms with van der Waals surface area (Å²) in [5, 5.41) is 14.0. The quantitative estimate of drug-likeness (QED) is 0.258. The number of carbonyl (C=O) groups is 1. The van der Waals surface area contributed by atoms with Gasteiger partial charge >= 0.3 is 0 Å². The van der Waals surface area contributed by atoms with Crippen molar-refractivity contribution in [1.29, 1.82) is 0 Å². The van der Waals surface area contributed by atoms with Gasteiger partial charge in [0.2, 0.25) is 0 Å². The number of nitrogen functional groups attached to an aromatic ring is 1. The van der Waals surface area contributed by atoms with E-state index in [4.69, 9.17) is 5.73 Å². The molecule has 4 heterocycles. The third-order valence-corrected chi connectivity index (χ3v) is 5.13. The number of carbonyl (C=O) groups excluding carboxylic acids is 1. The number of hydrazine groups is 2. The zero-order valence-corrected chi connectivity index (χ0v) is 17.1. The zero-order valence-electron chi connectivity index (χ0n) is 17.1. The van der Waals surface area contributed by atoms with Crippen LogP contribution in [0.1, 0.15) is 32.7 Å². The number of aromatic nitrogens is 5. The van der Waals surface area contributed by atoms with E-state index in [0.29, 0.717) is 36.7 Å². The van der Waals surface area contributed by atoms with E-state index in [1.54, 1.807) is 6.20 Å². The first-order valence-corrected chi connectivity index (χ1v) is 10.1. The third kappa shape index (κ3) is 4.23. The summed E-state index contributed by atoms with van der Waals surface area (Å²) in [5.41, 5.74) is 20.2. The van der Waals surface area contributed by atoms with Crippen LogP contribution >= 0.6 is 0 Å². The first-order valence-electron chi connectivity index (χ1n) is 10.1. The molecule has 0 saturated heterocycles. The van der Waals surface area contributed by atoms with Gasteiger partial charge in [-0.05, 0) is 41.0 Å². The van der Waals surface area contributed by atoms with Gasteiger partial charge in [0.1, 0.15) is 5.82 Å². The molecule has 0 saturated carbocycles. The Balaban J connectivity index is 1.21. The van der Waals surface area contributed by atoms with Gasteiger partial charge in [-0.1, -0.05) is 12.1 Å². The molecular formula is C21H22N10O. The number of nitrogens with one attached hydrogen (secondary N) is 5. The van der Waals surface area contributed by atoms with Gasteiger partial charge in [-0.15, -0.1) is 5.53 Å². The number of rotatable bonds is 7. The molecule has 11 heteroatoms. The molecule has 0 spiro atoms. The van der Waals surface area contributed by atoms with Gasteiger partial charge in [0.25, 0.3) is 5.91 Å². The number of pyridine rings is 1. The number of nitrogens with two attached hydrogens (primary N) is 1. The average Bonchev–Trinajstić information content (AvgIpc) is 3.55. The van der Waals surface area contributed by atoms with Crippen LogP contribution in [0.2, 0.25) is 0 Å². The summed E-state index contributed by atoms with van der Waals surface area (Å²) in [6.07, 6.45) is 6.17. The van der Waals surface area contributed by atoms with E-state index in [9.17, 15) is 4.79 Å². The predicted molar refractivity (Wildman–Crippen MR) is 119 cm³/mol. The molecule has 0 radical (unpaired) electrons. The minimum absolute atomic E-state index is 0.130. The second-order valence-corrected chi connectivity index (χ2v) is 7.49. The van der Waals surface area contributed by atoms with Crippen molar-refractivity contribution in [3.05, 3.63) is 82.9 Å². The topological polar surface area (TPSA) is 151 Å². The first kappa shape index (κ1) is 19.6. The fraction of sp³-hybridized carbons (Fsp3) is 0.143. The monoisotopic (exact) mass is 430 g/mol. The van der Waals surface area contributed by atoms with Crippen molar-refractivity contribution in [1.82, 2.24) is 35.8 Å². The molecule has 1 aromatic carbocycles. The van der Waals surface area contributed by atoms with Crippen molar-refractivity contribution in [2.45, 2.75) is 19.5 Å². The lowest BCUT2D eigenvalue weighted by atomic mass is 10.1. The summed E-state index contributed by atoms with van der Waals surface area (Å²) in [4.78, 5) is 16.5. The second-order valence-electron chi connectivity index (χ2n) is 7.49. The fourth-order valence-electron chi connectivity index (χ4n) is 3.56. The van der Waals surface area contributed by atoms with Crippen molar-refractivity contribution in [2.24, 2.45) is 0 Å². The molecule has 1 amide bonds. The lowest BCUT2D eigenvalue weighted by Gasteiger charge is -2.07. The highest BCUT2D eigenvalue weighted by atomic mass is 16.1. The van der Waals surface area contributed by atoms with Crippen LogP contribution in [0.25, 0.3) is 0 Å². The molecule has 3 aromatic heterocycles. The SMILES string of the molecule is Nc1cc(Cc2cnn(Cc3ccc(C(=O)NCc4ccn[nH]4)cc3)c2)c2c(n1)NNN2. The summed E-state index contributed by atoms with van der Waals surface area (Å²) in [6, 6.07) is 11.2. The lowest BCUT2D eigenvalue weighted by Crippen LogP contribution is -2.22. The molecule has 0 bridgehead atoms. The van der Waals surface area contributed by atoms with E-state index < -0.39 is 0 Å². The van der Waals surface area contributed by atoms with Crippen LogP contribution in [-0.2, 0) is 19.5 Å². The predicted octanol–water partition coefficient (Wildman–Crippen LogP) is 1.41. The molecule has 11 nitrogen and oxygen atoms in total. The molecule has 32 heavy (non-hydrogen) atoms. The number of nitrogens with zero attached hydrogens (tertiary/aromatic N) is 4. The van der Waals surface area contributed by atoms with Crippen LogP contribution in [0, 0.1) is 0 Å². The van der Waals surface area contributed by atoms with Gasteiger partial charge in [0.05, 0.1) is 30.7 Å². The van der Waals surface area contributed by atoms with Crippen LogP contribution in [0.5, 0.6) is 0 Å². The Hall–Kier alpha value is -4.38. The minimum atomic E-state index is -0.130. The van der Waals surface area contributed by atoms with E-state index >= 15 is 0 Å². The maximum Gasteiger partial charge on any atom is 0.251 e. The number of hydrogen-bond acceptors (Lipinski definition) is 8. The highest BCUT2D eigenvalue weighted by Gasteiger charge is 2.17. The highest BCUT2D eigenvalue weighted by Crippen LogP contribution is 2.30. The maximum atomic E-state index is 12.3. The molecular weight excluding hydrogens is 408 g/mol. The molecule has 0 unspecified atom stereocenters. The van der Waals surface area contributed by atoms with Crippen LogP contribution in [-0.4, -0.2) is 30.9 Å². The van der Waals surface area contributed by atoms with Gasteiger partial charge in [0.15, 0.2) is 5.82 Å². The molecule has 0 aliphatic carbocycles. The van der Waals surface area contributed by atoms with Crippen molar-refractivity contribution in [2.75, 3.05) is 16.6 Å². The molecule has 0 atom stereocenters. The second kappa shape index (κ2) is 8.40. The summed E-state index contributed by atoms with van der Waals surface area (Å²) >= 11 is 0. The number of fused-ring (bicyclic) bond motifs is 1. The van der Waals surface area contributed by atoms with E-state index in [-0.39, 0.29) is 5.91 Å². The number of benzene rings is 1. The van der Waals surface area contributed by atoms with Gasteiger partial charge in [0, 0.05) is 24.4 Å². The Morgan fingerprint density at radius 1 is 1.12 bits per heavy atom. The minimum Gasteiger partial charge on any atom is -0.384 e. The molecule has 0 fully saturated rings. The Morgan fingerprint density at radius 2 is 2.00 bits per heavy atom. The van der Waals surface area contributed by atoms with E-state index in [0.717, 1.165) is 28.1 Å². The number of H-pyrrole nitrogens is 1. The van der Waals surface area contributed by atoms with Crippen molar-refractivity contribution in [3.63, 3.8) is 0 Å². The molecule has 4 aromatic rings. The van der Waals surface area contributed by atoms with Gasteiger partial charge in [-0.25, -0.2) is 4.98 Å². The number of anilines is 3. The Kier molecular flexibility index (Phi) is 5.14. The molecule has 7 N–H and O–H groups in total. The largest absolute Gasteiger partial charge is 0.384 e. The number of amides is 1. The molecule has 5 rings (SSSR count). The van der Waals surface area contributed by atoms with Crippen LogP contribution in [0.15, 0.2) is 55.0 Å². The Labute approximate surface area is 183 Å². The normalized spacial score (nSPS) is 12.1. The Bertz CT molecular complexity index is 1230. The standard InChI is InChI=1S/C21H22N10O/c22-18-8-16(19-20(26-18)29-30-28-19)7-14-9-25-31(12-14)11-13-1-3-15(4-2-13)21(32)23-10-17-5-6-24-27-17/h1-6,8-9,12,28,30H,7,10-11H2,(H,23,32)(H,24,27)(H3,22,26,29). The Morgan fingerprint density at radius 3 is 2.81 bits per heavy atom. The van der Waals surface area contributed by atoms with Crippen molar-refractivity contribution < 1.29 is 4.79 Å². The maximum absolute atomic E-state index is 12.3. The van der Waals surface area contributed by atoms with Crippen molar-refractivity contribution in [3.8, 4) is 0 Å². The number of aromatic amines is 1. The molecule has 1 aliphatic heterocycles. The molecule has 1 aliphatic rings. The fourth-order valence-corrected chi connectivity index (χ4v) is 3.56. The summed E-state index contributed by atoms with van der Waals surface area (Å²) in [5.74, 6) is 1.01. The number of hydrogen-bond donors (Lipinski definition) is 6. The first-order chi connectivity index (χ1) is 15.6. The highest BCUT2D eigenvalue weighted by molar-refractivity contribution is 5.94. The van der Waals surface area contributed by atoms with E-state index in [1.807, 2.05) is 53.5 Å². The van der Waals surface area contributed by atoms with Crippen molar-refractivity contribution >= 4 is 23.2 Å².